The van der Waals surface area contributed by atoms with Crippen LogP contribution < -0.4 is 10.7 Å². The summed E-state index contributed by atoms with van der Waals surface area (Å²) in [5.74, 6) is -0.928. The number of hydrazone groups is 1. The molecule has 136 valence electrons. The van der Waals surface area contributed by atoms with Crippen molar-refractivity contribution in [2.24, 2.45) is 11.0 Å². The molecule has 2 aromatic rings. The van der Waals surface area contributed by atoms with E-state index in [1.54, 1.807) is 36.4 Å². The van der Waals surface area contributed by atoms with E-state index in [9.17, 15) is 14.7 Å². The predicted octanol–water partition coefficient (Wildman–Crippen LogP) is 2.95. The van der Waals surface area contributed by atoms with Crippen molar-refractivity contribution in [3.63, 3.8) is 0 Å². The van der Waals surface area contributed by atoms with Gasteiger partial charge >= 0.3 is 0 Å². The first kappa shape index (κ1) is 19.5. The van der Waals surface area contributed by atoms with E-state index < -0.39 is 17.9 Å². The molecule has 0 saturated carbocycles. The molecule has 0 aliphatic rings. The van der Waals surface area contributed by atoms with Crippen LogP contribution in [0.25, 0.3) is 0 Å². The number of hydrogen-bond acceptors (Lipinski definition) is 4. The fourth-order valence-electron chi connectivity index (χ4n) is 2.24. The van der Waals surface area contributed by atoms with Gasteiger partial charge in [0.2, 0.25) is 0 Å². The van der Waals surface area contributed by atoms with Gasteiger partial charge in [0.1, 0.15) is 11.8 Å². The third kappa shape index (κ3) is 5.32. The number of nitrogens with zero attached hydrogens (tertiary/aromatic N) is 1. The molecule has 6 nitrogen and oxygen atoms in total. The minimum atomic E-state index is -0.778. The Kier molecular flexibility index (Phi) is 6.74. The molecule has 0 aliphatic carbocycles. The molecule has 0 fully saturated rings. The van der Waals surface area contributed by atoms with Crippen molar-refractivity contribution >= 4 is 29.6 Å². The summed E-state index contributed by atoms with van der Waals surface area (Å²) in [6.45, 7) is 3.63. The third-order valence-corrected chi connectivity index (χ3v) is 3.94. The van der Waals surface area contributed by atoms with Gasteiger partial charge in [-0.1, -0.05) is 49.7 Å². The summed E-state index contributed by atoms with van der Waals surface area (Å²) >= 11 is 6.02. The molecule has 3 N–H and O–H groups in total. The Morgan fingerprint density at radius 3 is 2.54 bits per heavy atom. The van der Waals surface area contributed by atoms with E-state index in [4.69, 9.17) is 11.6 Å². The number of rotatable bonds is 6. The van der Waals surface area contributed by atoms with Crippen molar-refractivity contribution in [2.75, 3.05) is 0 Å². The lowest BCUT2D eigenvalue weighted by atomic mass is 10.0. The van der Waals surface area contributed by atoms with Crippen molar-refractivity contribution in [3.05, 3.63) is 64.7 Å². The number of benzene rings is 2. The summed E-state index contributed by atoms with van der Waals surface area (Å²) < 4.78 is 0. The van der Waals surface area contributed by atoms with Crippen molar-refractivity contribution in [1.29, 1.82) is 0 Å². The van der Waals surface area contributed by atoms with E-state index in [2.05, 4.69) is 15.8 Å². The number of halogens is 1. The molecule has 0 saturated heterocycles. The maximum atomic E-state index is 12.4. The largest absolute Gasteiger partial charge is 0.508 e. The fourth-order valence-corrected chi connectivity index (χ4v) is 2.47. The normalized spacial score (nSPS) is 12.2. The highest BCUT2D eigenvalue weighted by Gasteiger charge is 2.25. The first-order valence-electron chi connectivity index (χ1n) is 8.06. The Morgan fingerprint density at radius 1 is 1.15 bits per heavy atom. The van der Waals surface area contributed by atoms with E-state index in [-0.39, 0.29) is 11.7 Å². The van der Waals surface area contributed by atoms with Crippen LogP contribution in [0, 0.1) is 5.92 Å². The van der Waals surface area contributed by atoms with Crippen LogP contribution in [-0.4, -0.2) is 29.2 Å². The number of aromatic hydroxyl groups is 1. The van der Waals surface area contributed by atoms with Gasteiger partial charge in [-0.15, -0.1) is 0 Å². The summed E-state index contributed by atoms with van der Waals surface area (Å²) in [5.41, 5.74) is 3.34. The minimum Gasteiger partial charge on any atom is -0.508 e. The average Bonchev–Trinajstić information content (AvgIpc) is 2.59. The first-order valence-corrected chi connectivity index (χ1v) is 8.43. The monoisotopic (exact) mass is 373 g/mol. The van der Waals surface area contributed by atoms with Gasteiger partial charge in [-0.05, 0) is 35.7 Å². The summed E-state index contributed by atoms with van der Waals surface area (Å²) in [5, 5.41) is 16.3. The maximum absolute atomic E-state index is 12.4. The second kappa shape index (κ2) is 9.01. The molecule has 0 spiro atoms. The molecule has 2 aromatic carbocycles. The fraction of sp³-hybridized carbons (Fsp3) is 0.211. The van der Waals surface area contributed by atoms with E-state index in [1.165, 1.54) is 18.3 Å². The molecule has 2 rings (SSSR count). The number of phenolic OH excluding ortho intramolecular Hbond substituents is 1. The molecule has 7 heteroatoms. The van der Waals surface area contributed by atoms with Crippen LogP contribution in [0.5, 0.6) is 5.75 Å². The zero-order valence-electron chi connectivity index (χ0n) is 14.4. The number of phenols is 1. The van der Waals surface area contributed by atoms with Crippen molar-refractivity contribution in [1.82, 2.24) is 10.7 Å². The lowest BCUT2D eigenvalue weighted by Crippen LogP contribution is -2.48. The van der Waals surface area contributed by atoms with Crippen LogP contribution in [-0.2, 0) is 4.79 Å². The Bertz CT molecular complexity index is 821. The van der Waals surface area contributed by atoms with Gasteiger partial charge in [0.15, 0.2) is 0 Å². The molecule has 26 heavy (non-hydrogen) atoms. The van der Waals surface area contributed by atoms with Gasteiger partial charge in [0.05, 0.1) is 16.8 Å². The topological polar surface area (TPSA) is 90.8 Å². The highest BCUT2D eigenvalue weighted by Crippen LogP contribution is 2.15. The summed E-state index contributed by atoms with van der Waals surface area (Å²) in [6.07, 6.45) is 1.41. The number of carbonyl (C=O) groups excluding carboxylic acids is 2. The Balaban J connectivity index is 2.03. The Hall–Kier alpha value is -2.86. The lowest BCUT2D eigenvalue weighted by Gasteiger charge is -2.20. The summed E-state index contributed by atoms with van der Waals surface area (Å²) in [4.78, 5) is 24.7. The number of nitrogens with one attached hydrogen (secondary N) is 2. The zero-order valence-corrected chi connectivity index (χ0v) is 15.2. The Morgan fingerprint density at radius 2 is 1.88 bits per heavy atom. The van der Waals surface area contributed by atoms with Gasteiger partial charge in [0, 0.05) is 0 Å². The van der Waals surface area contributed by atoms with Gasteiger partial charge in [-0.2, -0.15) is 5.10 Å². The van der Waals surface area contributed by atoms with Gasteiger partial charge < -0.3 is 10.4 Å². The van der Waals surface area contributed by atoms with Crippen LogP contribution in [0.4, 0.5) is 0 Å². The zero-order chi connectivity index (χ0) is 19.1. The van der Waals surface area contributed by atoms with Crippen molar-refractivity contribution in [2.45, 2.75) is 19.9 Å². The molecular formula is C19H20ClN3O3. The van der Waals surface area contributed by atoms with Gasteiger partial charge in [-0.25, -0.2) is 5.43 Å². The molecule has 1 atom stereocenters. The van der Waals surface area contributed by atoms with Crippen LogP contribution in [0.1, 0.15) is 29.8 Å². The summed E-state index contributed by atoms with van der Waals surface area (Å²) in [7, 11) is 0. The predicted molar refractivity (Wildman–Crippen MR) is 101 cm³/mol. The van der Waals surface area contributed by atoms with E-state index in [0.29, 0.717) is 16.1 Å². The molecule has 0 heterocycles. The molecule has 0 aromatic heterocycles. The van der Waals surface area contributed by atoms with Crippen LogP contribution in [0.15, 0.2) is 53.6 Å². The second-order valence-corrected chi connectivity index (χ2v) is 6.41. The van der Waals surface area contributed by atoms with Gasteiger partial charge in [0.25, 0.3) is 11.8 Å². The third-order valence-electron chi connectivity index (χ3n) is 3.61. The Labute approximate surface area is 156 Å². The quantitative estimate of drug-likeness (QED) is 0.537. The highest BCUT2D eigenvalue weighted by atomic mass is 35.5. The smallest absolute Gasteiger partial charge is 0.262 e. The number of carbonyl (C=O) groups is 2. The second-order valence-electron chi connectivity index (χ2n) is 6.00. The molecule has 1 unspecified atom stereocenters. The SMILES string of the molecule is CC(C)C(NC(=O)c1ccccc1Cl)C(=O)N/N=C/c1cccc(O)c1. The minimum absolute atomic E-state index is 0.104. The average molecular weight is 374 g/mol. The van der Waals surface area contributed by atoms with E-state index >= 15 is 0 Å². The van der Waals surface area contributed by atoms with Crippen LogP contribution >= 0.6 is 11.6 Å². The molecule has 2 amide bonds. The van der Waals surface area contributed by atoms with Crippen LogP contribution in [0.3, 0.4) is 0 Å². The molecular weight excluding hydrogens is 354 g/mol. The van der Waals surface area contributed by atoms with E-state index in [1.807, 2.05) is 13.8 Å². The molecule has 0 radical (unpaired) electrons. The lowest BCUT2D eigenvalue weighted by molar-refractivity contribution is -0.123. The first-order chi connectivity index (χ1) is 12.4. The maximum Gasteiger partial charge on any atom is 0.262 e. The molecule has 0 aliphatic heterocycles. The van der Waals surface area contributed by atoms with E-state index in [0.717, 1.165) is 0 Å². The summed E-state index contributed by atoms with van der Waals surface area (Å²) in [6, 6.07) is 12.3. The van der Waals surface area contributed by atoms with Crippen molar-refractivity contribution < 1.29 is 14.7 Å². The number of hydrogen-bond donors (Lipinski definition) is 3. The van der Waals surface area contributed by atoms with Gasteiger partial charge in [-0.3, -0.25) is 9.59 Å². The number of amides is 2. The highest BCUT2D eigenvalue weighted by molar-refractivity contribution is 6.33. The van der Waals surface area contributed by atoms with Crippen molar-refractivity contribution in [3.8, 4) is 5.75 Å². The standard InChI is InChI=1S/C19H20ClN3O3/c1-12(2)17(22-18(25)15-8-3-4-9-16(15)20)19(26)23-21-11-13-6-5-7-14(24)10-13/h3-12,17,24H,1-2H3,(H,22,25)(H,23,26)/b21-11+. The van der Waals surface area contributed by atoms with Crippen LogP contribution in [0.2, 0.25) is 5.02 Å². The molecule has 0 bridgehead atoms.